The van der Waals surface area contributed by atoms with E-state index in [0.717, 1.165) is 15.5 Å². The molecule has 0 bridgehead atoms. The minimum atomic E-state index is -0.629. The predicted octanol–water partition coefficient (Wildman–Crippen LogP) is 1.24. The molecule has 86 valence electrons. The summed E-state index contributed by atoms with van der Waals surface area (Å²) >= 11 is 3.72. The van der Waals surface area contributed by atoms with Gasteiger partial charge in [0.25, 0.3) is 0 Å². The van der Waals surface area contributed by atoms with Crippen LogP contribution in [0.4, 0.5) is 4.79 Å². The van der Waals surface area contributed by atoms with Crippen molar-refractivity contribution in [2.75, 3.05) is 0 Å². The second kappa shape index (κ2) is 6.68. The number of nitrogens with zero attached hydrogens (tertiary/aromatic N) is 1. The van der Waals surface area contributed by atoms with Crippen molar-refractivity contribution in [2.45, 2.75) is 12.2 Å². The van der Waals surface area contributed by atoms with Gasteiger partial charge in [-0.2, -0.15) is 0 Å². The van der Waals surface area contributed by atoms with Crippen LogP contribution in [-0.2, 0) is 0 Å². The van der Waals surface area contributed by atoms with E-state index in [1.165, 1.54) is 4.46 Å². The third-order valence-electron chi connectivity index (χ3n) is 1.62. The van der Waals surface area contributed by atoms with Crippen LogP contribution in [0.1, 0.15) is 6.92 Å². The third-order valence-corrected chi connectivity index (χ3v) is 4.60. The van der Waals surface area contributed by atoms with Gasteiger partial charge in [-0.25, -0.2) is 0 Å². The summed E-state index contributed by atoms with van der Waals surface area (Å²) in [6.07, 6.45) is 0. The fraction of sp³-hybridized carbons (Fsp3) is 0.200. The Bertz CT molecular complexity index is 392. The SMILES string of the molecule is C/C(C[Se]c1ccc(Br)cc1)=N\NC(N)=O. The van der Waals surface area contributed by atoms with Gasteiger partial charge >= 0.3 is 109 Å². The average molecular weight is 349 g/mol. The second-order valence-corrected chi connectivity index (χ2v) is 6.18. The number of halogens is 1. The second-order valence-electron chi connectivity index (χ2n) is 3.07. The van der Waals surface area contributed by atoms with Crippen molar-refractivity contribution in [1.29, 1.82) is 0 Å². The predicted molar refractivity (Wildman–Crippen MR) is 70.2 cm³/mol. The third kappa shape index (κ3) is 5.30. The molecule has 0 saturated carbocycles. The van der Waals surface area contributed by atoms with Crippen LogP contribution in [-0.4, -0.2) is 26.7 Å². The van der Waals surface area contributed by atoms with Crippen molar-refractivity contribution in [3.8, 4) is 0 Å². The normalized spacial score (nSPS) is 11.2. The number of nitrogens with two attached hydrogens (primary N) is 1. The summed E-state index contributed by atoms with van der Waals surface area (Å²) in [6.45, 7) is 1.87. The molecule has 4 nitrogen and oxygen atoms in total. The summed E-state index contributed by atoms with van der Waals surface area (Å²) in [5, 5.41) is 4.71. The molecule has 0 fully saturated rings. The number of hydrogen-bond donors (Lipinski definition) is 2. The number of carbonyl (C=O) groups is 1. The molecule has 0 spiro atoms. The number of benzene rings is 1. The Morgan fingerprint density at radius 2 is 2.12 bits per heavy atom. The number of nitrogens with one attached hydrogen (secondary N) is 1. The first-order valence-corrected chi connectivity index (χ1v) is 7.41. The zero-order valence-corrected chi connectivity index (χ0v) is 12.0. The molecule has 6 heteroatoms. The summed E-state index contributed by atoms with van der Waals surface area (Å²) in [6, 6.07) is 7.57. The van der Waals surface area contributed by atoms with Crippen molar-refractivity contribution in [3.05, 3.63) is 28.7 Å². The van der Waals surface area contributed by atoms with Crippen LogP contribution < -0.4 is 15.6 Å². The molecule has 0 aromatic heterocycles. The van der Waals surface area contributed by atoms with Crippen molar-refractivity contribution < 1.29 is 4.79 Å². The van der Waals surface area contributed by atoms with Crippen molar-refractivity contribution in [3.63, 3.8) is 0 Å². The van der Waals surface area contributed by atoms with Crippen molar-refractivity contribution in [2.24, 2.45) is 10.8 Å². The molecule has 1 aromatic rings. The van der Waals surface area contributed by atoms with Gasteiger partial charge in [-0.05, 0) is 0 Å². The number of amides is 2. The standard InChI is InChI=1S/C10H12BrN3OSe/c1-7(13-14-10(12)15)6-16-9-4-2-8(11)3-5-9/h2-5H,6H2,1H3,(H3,12,14,15)/b13-7+. The van der Waals surface area contributed by atoms with Crippen molar-refractivity contribution >= 4 is 47.1 Å². The molecule has 0 saturated heterocycles. The fourth-order valence-electron chi connectivity index (χ4n) is 0.901. The molecule has 1 aromatic carbocycles. The molecular formula is C10H12BrN3OSe. The molecule has 0 heterocycles. The van der Waals surface area contributed by atoms with E-state index in [0.29, 0.717) is 15.0 Å². The van der Waals surface area contributed by atoms with Crippen LogP contribution in [0.2, 0.25) is 5.32 Å². The van der Waals surface area contributed by atoms with Crippen LogP contribution in [0.3, 0.4) is 0 Å². The van der Waals surface area contributed by atoms with Gasteiger partial charge in [0.1, 0.15) is 0 Å². The van der Waals surface area contributed by atoms with E-state index in [1.54, 1.807) is 0 Å². The number of urea groups is 1. The Kier molecular flexibility index (Phi) is 5.52. The number of carbonyl (C=O) groups excluding carboxylic acids is 1. The molecule has 3 N–H and O–H groups in total. The van der Waals surface area contributed by atoms with Gasteiger partial charge < -0.3 is 0 Å². The van der Waals surface area contributed by atoms with E-state index in [9.17, 15) is 4.79 Å². The van der Waals surface area contributed by atoms with E-state index >= 15 is 0 Å². The van der Waals surface area contributed by atoms with Crippen LogP contribution >= 0.6 is 15.9 Å². The van der Waals surface area contributed by atoms with Crippen LogP contribution in [0.15, 0.2) is 33.8 Å². The van der Waals surface area contributed by atoms with Crippen LogP contribution in [0, 0.1) is 0 Å². The topological polar surface area (TPSA) is 67.5 Å². The van der Waals surface area contributed by atoms with E-state index in [4.69, 9.17) is 5.73 Å². The van der Waals surface area contributed by atoms with E-state index in [2.05, 4.69) is 38.6 Å². The maximum absolute atomic E-state index is 10.4. The Balaban J connectivity index is 2.42. The Labute approximate surface area is 109 Å². The molecule has 0 radical (unpaired) electrons. The molecule has 2 amide bonds. The van der Waals surface area contributed by atoms with Gasteiger partial charge in [0.15, 0.2) is 0 Å². The Morgan fingerprint density at radius 1 is 1.50 bits per heavy atom. The minimum absolute atomic E-state index is 0.327. The van der Waals surface area contributed by atoms with Gasteiger partial charge in [0.05, 0.1) is 0 Å². The van der Waals surface area contributed by atoms with Gasteiger partial charge in [-0.3, -0.25) is 0 Å². The average Bonchev–Trinajstić information content (AvgIpc) is 2.25. The molecule has 0 unspecified atom stereocenters. The molecule has 0 aliphatic heterocycles. The zero-order valence-electron chi connectivity index (χ0n) is 8.74. The molecule has 0 aliphatic carbocycles. The van der Waals surface area contributed by atoms with Crippen molar-refractivity contribution in [1.82, 2.24) is 5.43 Å². The number of primary amides is 1. The van der Waals surface area contributed by atoms with Gasteiger partial charge in [-0.1, -0.05) is 0 Å². The molecular weight excluding hydrogens is 337 g/mol. The van der Waals surface area contributed by atoms with Crippen LogP contribution in [0.25, 0.3) is 0 Å². The molecule has 1 rings (SSSR count). The van der Waals surface area contributed by atoms with E-state index < -0.39 is 6.03 Å². The van der Waals surface area contributed by atoms with Crippen LogP contribution in [0.5, 0.6) is 0 Å². The molecule has 0 atom stereocenters. The fourth-order valence-corrected chi connectivity index (χ4v) is 2.78. The zero-order chi connectivity index (χ0) is 12.0. The molecule has 0 aliphatic rings. The number of rotatable bonds is 4. The monoisotopic (exact) mass is 349 g/mol. The first-order valence-electron chi connectivity index (χ1n) is 4.55. The quantitative estimate of drug-likeness (QED) is 0.480. The summed E-state index contributed by atoms with van der Waals surface area (Å²) < 4.78 is 2.37. The van der Waals surface area contributed by atoms with E-state index in [-0.39, 0.29) is 0 Å². The number of hydrogen-bond acceptors (Lipinski definition) is 2. The van der Waals surface area contributed by atoms with Gasteiger partial charge in [-0.15, -0.1) is 0 Å². The summed E-state index contributed by atoms with van der Waals surface area (Å²) in [5.74, 6) is 0. The summed E-state index contributed by atoms with van der Waals surface area (Å²) in [4.78, 5) is 10.4. The van der Waals surface area contributed by atoms with Gasteiger partial charge in [0.2, 0.25) is 0 Å². The summed E-state index contributed by atoms with van der Waals surface area (Å²) in [7, 11) is 0. The first kappa shape index (κ1) is 13.2. The maximum atomic E-state index is 10.4. The number of hydrazone groups is 1. The Hall–Kier alpha value is -0.841. The molecule has 16 heavy (non-hydrogen) atoms. The van der Waals surface area contributed by atoms with Gasteiger partial charge in [0, 0.05) is 0 Å². The Morgan fingerprint density at radius 3 is 2.69 bits per heavy atom. The van der Waals surface area contributed by atoms with E-state index in [1.807, 2.05) is 19.1 Å². The summed E-state index contributed by atoms with van der Waals surface area (Å²) in [5.41, 5.74) is 8.00. The first-order chi connectivity index (χ1) is 7.58.